The van der Waals surface area contributed by atoms with E-state index in [4.69, 9.17) is 9.84 Å². The highest BCUT2D eigenvalue weighted by Gasteiger charge is 2.27. The van der Waals surface area contributed by atoms with Crippen LogP contribution in [0.1, 0.15) is 15.9 Å². The molecular formula is C11H11F3O4. The zero-order valence-corrected chi connectivity index (χ0v) is 9.45. The first-order valence-corrected chi connectivity index (χ1v) is 4.91. The van der Waals surface area contributed by atoms with E-state index in [0.717, 1.165) is 0 Å². The number of carbonyl (C=O) groups is 1. The predicted octanol–water partition coefficient (Wildman–Crippen LogP) is 2.61. The van der Waals surface area contributed by atoms with Crippen molar-refractivity contribution < 1.29 is 32.5 Å². The van der Waals surface area contributed by atoms with Gasteiger partial charge in [-0.2, -0.15) is 13.2 Å². The predicted molar refractivity (Wildman–Crippen MR) is 55.6 cm³/mol. The molecule has 0 spiro atoms. The van der Waals surface area contributed by atoms with Crippen LogP contribution in [-0.2, 0) is 4.74 Å². The lowest BCUT2D eigenvalue weighted by molar-refractivity contribution is -0.186. The zero-order chi connectivity index (χ0) is 13.8. The molecule has 0 radical (unpaired) electrons. The van der Waals surface area contributed by atoms with Gasteiger partial charge >= 0.3 is 12.1 Å². The quantitative estimate of drug-likeness (QED) is 0.656. The Balaban J connectivity index is 2.51. The van der Waals surface area contributed by atoms with Crippen molar-refractivity contribution in [2.24, 2.45) is 0 Å². The molecule has 0 atom stereocenters. The lowest BCUT2D eigenvalue weighted by Crippen LogP contribution is -2.19. The molecule has 4 nitrogen and oxygen atoms in total. The van der Waals surface area contributed by atoms with Crippen molar-refractivity contribution in [2.45, 2.75) is 13.1 Å². The maximum absolute atomic E-state index is 11.8. The van der Waals surface area contributed by atoms with E-state index in [1.165, 1.54) is 18.2 Å². The molecule has 100 valence electrons. The second-order valence-electron chi connectivity index (χ2n) is 3.51. The number of aromatic carboxylic acids is 1. The van der Waals surface area contributed by atoms with Crippen LogP contribution >= 0.6 is 0 Å². The van der Waals surface area contributed by atoms with Gasteiger partial charge < -0.3 is 14.6 Å². The molecule has 0 unspecified atom stereocenters. The second-order valence-corrected chi connectivity index (χ2v) is 3.51. The van der Waals surface area contributed by atoms with Crippen LogP contribution in [0.3, 0.4) is 0 Å². The van der Waals surface area contributed by atoms with Crippen LogP contribution in [0.2, 0.25) is 0 Å². The number of aryl methyl sites for hydroxylation is 1. The first-order valence-electron chi connectivity index (χ1n) is 4.91. The Kier molecular flexibility index (Phi) is 4.55. The van der Waals surface area contributed by atoms with Crippen LogP contribution in [0.4, 0.5) is 13.2 Å². The summed E-state index contributed by atoms with van der Waals surface area (Å²) in [6.07, 6.45) is -4.40. The topological polar surface area (TPSA) is 55.8 Å². The largest absolute Gasteiger partial charge is 0.478 e. The van der Waals surface area contributed by atoms with E-state index < -0.39 is 25.5 Å². The molecule has 0 fully saturated rings. The molecule has 0 aliphatic carbocycles. The second kappa shape index (κ2) is 5.72. The van der Waals surface area contributed by atoms with E-state index in [-0.39, 0.29) is 11.3 Å². The van der Waals surface area contributed by atoms with Gasteiger partial charge in [0.15, 0.2) is 6.79 Å². The van der Waals surface area contributed by atoms with Crippen LogP contribution < -0.4 is 4.74 Å². The number of hydrogen-bond acceptors (Lipinski definition) is 3. The van der Waals surface area contributed by atoms with E-state index in [9.17, 15) is 18.0 Å². The number of hydrogen-bond donors (Lipinski definition) is 1. The molecule has 0 heterocycles. The Morgan fingerprint density at radius 1 is 1.39 bits per heavy atom. The summed E-state index contributed by atoms with van der Waals surface area (Å²) in [5.74, 6) is -0.805. The summed E-state index contributed by atoms with van der Waals surface area (Å²) >= 11 is 0. The van der Waals surface area contributed by atoms with Gasteiger partial charge in [0.05, 0.1) is 5.56 Å². The Morgan fingerprint density at radius 3 is 2.56 bits per heavy atom. The van der Waals surface area contributed by atoms with Gasteiger partial charge in [-0.15, -0.1) is 0 Å². The summed E-state index contributed by atoms with van der Waals surface area (Å²) in [5, 5.41) is 8.71. The summed E-state index contributed by atoms with van der Waals surface area (Å²) in [5.41, 5.74) is 0.585. The van der Waals surface area contributed by atoms with Crippen molar-refractivity contribution in [1.29, 1.82) is 0 Å². The molecule has 7 heteroatoms. The van der Waals surface area contributed by atoms with Gasteiger partial charge in [0.1, 0.15) is 12.4 Å². The van der Waals surface area contributed by atoms with Gasteiger partial charge in [-0.1, -0.05) is 0 Å². The third kappa shape index (κ3) is 4.62. The summed E-state index contributed by atoms with van der Waals surface area (Å²) in [6.45, 7) is -0.350. The van der Waals surface area contributed by atoms with Crippen LogP contribution in [0.15, 0.2) is 18.2 Å². The SMILES string of the molecule is Cc1cc(C(=O)O)ccc1OCOCC(F)(F)F. The first-order chi connectivity index (χ1) is 8.29. The Morgan fingerprint density at radius 2 is 2.06 bits per heavy atom. The van der Waals surface area contributed by atoms with Gasteiger partial charge in [-0.05, 0) is 30.7 Å². The first kappa shape index (κ1) is 14.3. The fourth-order valence-electron chi connectivity index (χ4n) is 1.21. The summed E-state index contributed by atoms with van der Waals surface area (Å²) < 4.78 is 44.5. The standard InChI is InChI=1S/C11H11F3O4/c1-7-4-8(10(15)16)2-3-9(7)18-6-17-5-11(12,13)14/h2-4H,5-6H2,1H3,(H,15,16). The highest BCUT2D eigenvalue weighted by molar-refractivity contribution is 5.88. The van der Waals surface area contributed by atoms with Crippen molar-refractivity contribution in [3.63, 3.8) is 0 Å². The van der Waals surface area contributed by atoms with Crippen LogP contribution in [0.25, 0.3) is 0 Å². The fraction of sp³-hybridized carbons (Fsp3) is 0.364. The van der Waals surface area contributed by atoms with Gasteiger partial charge in [0.2, 0.25) is 0 Å². The number of rotatable bonds is 5. The molecule has 1 aromatic rings. The van der Waals surface area contributed by atoms with Crippen molar-refractivity contribution >= 4 is 5.97 Å². The van der Waals surface area contributed by atoms with Crippen molar-refractivity contribution in [3.8, 4) is 5.75 Å². The highest BCUT2D eigenvalue weighted by Crippen LogP contribution is 2.20. The third-order valence-electron chi connectivity index (χ3n) is 1.99. The Bertz CT molecular complexity index is 429. The number of halogens is 3. The minimum Gasteiger partial charge on any atom is -0.478 e. The maximum atomic E-state index is 11.8. The van der Waals surface area contributed by atoms with Crippen LogP contribution in [0.5, 0.6) is 5.75 Å². The Hall–Kier alpha value is -1.76. The molecule has 0 aliphatic rings. The highest BCUT2D eigenvalue weighted by atomic mass is 19.4. The summed E-state index contributed by atoms with van der Waals surface area (Å²) in [4.78, 5) is 10.6. The zero-order valence-electron chi connectivity index (χ0n) is 9.45. The minimum atomic E-state index is -4.40. The van der Waals surface area contributed by atoms with E-state index in [0.29, 0.717) is 5.56 Å². The molecule has 1 N–H and O–H groups in total. The van der Waals surface area contributed by atoms with E-state index in [2.05, 4.69) is 4.74 Å². The summed E-state index contributed by atoms with van der Waals surface area (Å²) in [7, 11) is 0. The fourth-order valence-corrected chi connectivity index (χ4v) is 1.21. The van der Waals surface area contributed by atoms with Gasteiger partial charge in [-0.3, -0.25) is 0 Å². The number of ether oxygens (including phenoxy) is 2. The number of benzene rings is 1. The number of carboxylic acid groups (broad SMARTS) is 1. The molecule has 0 saturated heterocycles. The van der Waals surface area contributed by atoms with Crippen molar-refractivity contribution in [3.05, 3.63) is 29.3 Å². The molecule has 1 rings (SSSR count). The maximum Gasteiger partial charge on any atom is 0.411 e. The third-order valence-corrected chi connectivity index (χ3v) is 1.99. The lowest BCUT2D eigenvalue weighted by atomic mass is 10.1. The molecule has 0 bridgehead atoms. The van der Waals surface area contributed by atoms with Crippen molar-refractivity contribution in [1.82, 2.24) is 0 Å². The van der Waals surface area contributed by atoms with E-state index in [1.54, 1.807) is 6.92 Å². The molecular weight excluding hydrogens is 253 g/mol. The Labute approximate surface area is 101 Å². The monoisotopic (exact) mass is 264 g/mol. The number of alkyl halides is 3. The molecule has 1 aromatic carbocycles. The van der Waals surface area contributed by atoms with Gasteiger partial charge in [-0.25, -0.2) is 4.79 Å². The van der Waals surface area contributed by atoms with Gasteiger partial charge in [0.25, 0.3) is 0 Å². The minimum absolute atomic E-state index is 0.0797. The smallest absolute Gasteiger partial charge is 0.411 e. The molecule has 0 aromatic heterocycles. The van der Waals surface area contributed by atoms with Crippen LogP contribution in [0, 0.1) is 6.92 Å². The lowest BCUT2D eigenvalue weighted by Gasteiger charge is -2.11. The van der Waals surface area contributed by atoms with Gasteiger partial charge in [0, 0.05) is 0 Å². The normalized spacial score (nSPS) is 11.3. The number of carboxylic acids is 1. The average Bonchev–Trinajstić information content (AvgIpc) is 2.24. The molecule has 18 heavy (non-hydrogen) atoms. The average molecular weight is 264 g/mol. The van der Waals surface area contributed by atoms with Crippen LogP contribution in [-0.4, -0.2) is 30.7 Å². The molecule has 0 saturated carbocycles. The van der Waals surface area contributed by atoms with E-state index in [1.807, 2.05) is 0 Å². The van der Waals surface area contributed by atoms with Crippen molar-refractivity contribution in [2.75, 3.05) is 13.4 Å². The molecule has 0 aliphatic heterocycles. The molecule has 0 amide bonds. The summed E-state index contributed by atoms with van der Waals surface area (Å²) in [6, 6.07) is 4.03. The van der Waals surface area contributed by atoms with E-state index >= 15 is 0 Å².